The lowest BCUT2D eigenvalue weighted by molar-refractivity contribution is 0.131. The highest BCUT2D eigenvalue weighted by Gasteiger charge is 2.33. The average Bonchev–Trinajstić information content (AvgIpc) is 3.04. The van der Waals surface area contributed by atoms with Crippen LogP contribution in [0.1, 0.15) is 20.8 Å². The molecule has 7 heteroatoms. The fourth-order valence-corrected chi connectivity index (χ4v) is 2.57. The molecule has 1 aromatic heterocycles. The molecular weight excluding hydrogens is 296 g/mol. The lowest BCUT2D eigenvalue weighted by Crippen LogP contribution is -2.37. The summed E-state index contributed by atoms with van der Waals surface area (Å²) in [5.74, 6) is 0. The number of carbonyl (C=O) groups is 1. The molecule has 1 aromatic carbocycles. The maximum Gasteiger partial charge on any atom is 0.414 e. The van der Waals surface area contributed by atoms with Gasteiger partial charge in [0.15, 0.2) is 0 Å². The smallest absolute Gasteiger partial charge is 0.414 e. The third-order valence-corrected chi connectivity index (χ3v) is 3.71. The molecule has 1 aliphatic heterocycles. The van der Waals surface area contributed by atoms with Crippen molar-refractivity contribution in [1.29, 1.82) is 0 Å². The number of carbonyl (C=O) groups excluding carboxylic acids is 1. The Morgan fingerprint density at radius 2 is 1.91 bits per heavy atom. The summed E-state index contributed by atoms with van der Waals surface area (Å²) >= 11 is 0. The Morgan fingerprint density at radius 1 is 1.22 bits per heavy atom. The summed E-state index contributed by atoms with van der Waals surface area (Å²) in [5.41, 5.74) is 0.203. The van der Waals surface area contributed by atoms with Crippen molar-refractivity contribution in [3.05, 3.63) is 47.1 Å². The SMILES string of the molecule is CC(C)(C)n1ncn(CC2CN(c3ccccc3)C(=O)O2)c1=O. The van der Waals surface area contributed by atoms with E-state index < -0.39 is 6.09 Å². The number of para-hydroxylation sites is 1. The van der Waals surface area contributed by atoms with Gasteiger partial charge >= 0.3 is 11.8 Å². The van der Waals surface area contributed by atoms with E-state index in [4.69, 9.17) is 4.74 Å². The van der Waals surface area contributed by atoms with Crippen molar-refractivity contribution < 1.29 is 9.53 Å². The van der Waals surface area contributed by atoms with Crippen molar-refractivity contribution in [3.63, 3.8) is 0 Å². The van der Waals surface area contributed by atoms with E-state index in [1.54, 1.807) is 4.90 Å². The maximum absolute atomic E-state index is 12.3. The summed E-state index contributed by atoms with van der Waals surface area (Å²) < 4.78 is 8.29. The first kappa shape index (κ1) is 15.3. The number of nitrogens with zero attached hydrogens (tertiary/aromatic N) is 4. The van der Waals surface area contributed by atoms with Gasteiger partial charge in [0, 0.05) is 5.69 Å². The summed E-state index contributed by atoms with van der Waals surface area (Å²) in [6.45, 7) is 6.45. The number of cyclic esters (lactones) is 1. The molecule has 23 heavy (non-hydrogen) atoms. The summed E-state index contributed by atoms with van der Waals surface area (Å²) in [6, 6.07) is 9.34. The number of benzene rings is 1. The number of amides is 1. The molecule has 0 bridgehead atoms. The van der Waals surface area contributed by atoms with Crippen LogP contribution in [0.2, 0.25) is 0 Å². The predicted octanol–water partition coefficient (Wildman–Crippen LogP) is 1.83. The third kappa shape index (κ3) is 2.99. The Hall–Kier alpha value is -2.57. The molecule has 2 heterocycles. The molecule has 122 valence electrons. The van der Waals surface area contributed by atoms with Crippen molar-refractivity contribution >= 4 is 11.8 Å². The zero-order valence-electron chi connectivity index (χ0n) is 13.5. The average molecular weight is 316 g/mol. The van der Waals surface area contributed by atoms with Crippen LogP contribution in [0, 0.1) is 0 Å². The second-order valence-corrected chi connectivity index (χ2v) is 6.60. The summed E-state index contributed by atoms with van der Waals surface area (Å²) in [4.78, 5) is 25.9. The van der Waals surface area contributed by atoms with Gasteiger partial charge < -0.3 is 4.74 Å². The maximum atomic E-state index is 12.3. The third-order valence-electron chi connectivity index (χ3n) is 3.71. The quantitative estimate of drug-likeness (QED) is 0.866. The highest BCUT2D eigenvalue weighted by Crippen LogP contribution is 2.21. The van der Waals surface area contributed by atoms with Gasteiger partial charge in [-0.25, -0.2) is 14.3 Å². The zero-order valence-corrected chi connectivity index (χ0v) is 13.5. The molecule has 0 radical (unpaired) electrons. The lowest BCUT2D eigenvalue weighted by atomic mass is 10.1. The van der Waals surface area contributed by atoms with E-state index in [1.165, 1.54) is 15.6 Å². The fraction of sp³-hybridized carbons (Fsp3) is 0.438. The van der Waals surface area contributed by atoms with Gasteiger partial charge in [-0.1, -0.05) is 18.2 Å². The van der Waals surface area contributed by atoms with Crippen LogP contribution >= 0.6 is 0 Å². The van der Waals surface area contributed by atoms with E-state index in [2.05, 4.69) is 5.10 Å². The lowest BCUT2D eigenvalue weighted by Gasteiger charge is -2.17. The van der Waals surface area contributed by atoms with Crippen LogP contribution in [0.5, 0.6) is 0 Å². The Balaban J connectivity index is 1.75. The second-order valence-electron chi connectivity index (χ2n) is 6.60. The molecule has 1 atom stereocenters. The van der Waals surface area contributed by atoms with Crippen LogP contribution < -0.4 is 10.6 Å². The molecular formula is C16H20N4O3. The molecule has 2 aromatic rings. The minimum atomic E-state index is -0.391. The number of hydrogen-bond donors (Lipinski definition) is 0. The minimum Gasteiger partial charge on any atom is -0.442 e. The van der Waals surface area contributed by atoms with Crippen LogP contribution in [-0.4, -0.2) is 33.1 Å². The monoisotopic (exact) mass is 316 g/mol. The van der Waals surface area contributed by atoms with Gasteiger partial charge in [0.2, 0.25) is 0 Å². The van der Waals surface area contributed by atoms with Gasteiger partial charge in [0.25, 0.3) is 0 Å². The topological polar surface area (TPSA) is 69.4 Å². The molecule has 0 spiro atoms. The van der Waals surface area contributed by atoms with Crippen molar-refractivity contribution in [2.75, 3.05) is 11.4 Å². The van der Waals surface area contributed by atoms with Crippen molar-refractivity contribution in [3.8, 4) is 0 Å². The molecule has 1 unspecified atom stereocenters. The molecule has 1 aliphatic rings. The van der Waals surface area contributed by atoms with Gasteiger partial charge in [-0.15, -0.1) is 0 Å². The van der Waals surface area contributed by atoms with Crippen LogP contribution in [0.25, 0.3) is 0 Å². The number of anilines is 1. The molecule has 7 nitrogen and oxygen atoms in total. The number of ether oxygens (including phenoxy) is 1. The molecule has 1 amide bonds. The number of aromatic nitrogens is 3. The van der Waals surface area contributed by atoms with E-state index in [0.29, 0.717) is 13.1 Å². The van der Waals surface area contributed by atoms with Gasteiger partial charge in [0.1, 0.15) is 12.4 Å². The standard InChI is InChI=1S/C16H20N4O3/c1-16(2,3)20-14(21)18(11-17-20)9-13-10-19(15(22)23-13)12-7-5-4-6-8-12/h4-8,11,13H,9-10H2,1-3H3. The first-order valence-electron chi connectivity index (χ1n) is 7.54. The van der Waals surface area contributed by atoms with Crippen LogP contribution in [0.4, 0.5) is 10.5 Å². The number of rotatable bonds is 3. The first-order chi connectivity index (χ1) is 10.9. The Labute approximate surface area is 134 Å². The van der Waals surface area contributed by atoms with Crippen LogP contribution in [0.3, 0.4) is 0 Å². The van der Waals surface area contributed by atoms with Gasteiger partial charge in [0.05, 0.1) is 18.6 Å². The van der Waals surface area contributed by atoms with Crippen LogP contribution in [0.15, 0.2) is 41.5 Å². The first-order valence-corrected chi connectivity index (χ1v) is 7.54. The molecule has 1 fully saturated rings. The molecule has 3 rings (SSSR count). The fourth-order valence-electron chi connectivity index (χ4n) is 2.57. The zero-order chi connectivity index (χ0) is 16.6. The van der Waals surface area contributed by atoms with Crippen molar-refractivity contribution in [1.82, 2.24) is 14.3 Å². The summed E-state index contributed by atoms with van der Waals surface area (Å²) in [6.07, 6.45) is 0.725. The molecule has 0 N–H and O–H groups in total. The normalized spacial score (nSPS) is 18.3. The largest absolute Gasteiger partial charge is 0.442 e. The predicted molar refractivity (Wildman–Crippen MR) is 85.5 cm³/mol. The van der Waals surface area contributed by atoms with E-state index in [-0.39, 0.29) is 17.3 Å². The summed E-state index contributed by atoms with van der Waals surface area (Å²) in [5, 5.41) is 4.14. The van der Waals surface area contributed by atoms with Gasteiger partial charge in [-0.3, -0.25) is 9.47 Å². The van der Waals surface area contributed by atoms with Crippen LogP contribution in [-0.2, 0) is 16.8 Å². The second kappa shape index (κ2) is 5.57. The van der Waals surface area contributed by atoms with Gasteiger partial charge in [-0.2, -0.15) is 5.10 Å². The van der Waals surface area contributed by atoms with E-state index in [1.807, 2.05) is 51.1 Å². The number of hydrogen-bond acceptors (Lipinski definition) is 4. The highest BCUT2D eigenvalue weighted by molar-refractivity contribution is 5.89. The van der Waals surface area contributed by atoms with Gasteiger partial charge in [-0.05, 0) is 32.9 Å². The molecule has 0 aliphatic carbocycles. The Kier molecular flexibility index (Phi) is 3.71. The van der Waals surface area contributed by atoms with E-state index in [9.17, 15) is 9.59 Å². The molecule has 0 saturated carbocycles. The van der Waals surface area contributed by atoms with Crippen molar-refractivity contribution in [2.45, 2.75) is 39.0 Å². The van der Waals surface area contributed by atoms with Crippen molar-refractivity contribution in [2.24, 2.45) is 0 Å². The van der Waals surface area contributed by atoms with E-state index >= 15 is 0 Å². The minimum absolute atomic E-state index is 0.202. The Bertz CT molecular complexity index is 758. The summed E-state index contributed by atoms with van der Waals surface area (Å²) in [7, 11) is 0. The molecule has 1 saturated heterocycles. The van der Waals surface area contributed by atoms with E-state index in [0.717, 1.165) is 5.69 Å². The highest BCUT2D eigenvalue weighted by atomic mass is 16.6. The Morgan fingerprint density at radius 3 is 2.52 bits per heavy atom.